The first kappa shape index (κ1) is 17.7. The van der Waals surface area contributed by atoms with E-state index in [0.29, 0.717) is 19.6 Å². The lowest BCUT2D eigenvalue weighted by Crippen LogP contribution is -2.50. The van der Waals surface area contributed by atoms with E-state index >= 15 is 0 Å². The van der Waals surface area contributed by atoms with Gasteiger partial charge in [-0.1, -0.05) is 39.0 Å². The number of benzene rings is 1. The fourth-order valence-electron chi connectivity index (χ4n) is 3.52. The Bertz CT molecular complexity index is 770. The molecule has 1 aliphatic heterocycles. The summed E-state index contributed by atoms with van der Waals surface area (Å²) >= 11 is 0. The van der Waals surface area contributed by atoms with E-state index in [1.54, 1.807) is 0 Å². The molecule has 0 bridgehead atoms. The highest BCUT2D eigenvalue weighted by molar-refractivity contribution is 6.09. The number of rotatable bonds is 5. The van der Waals surface area contributed by atoms with Gasteiger partial charge in [-0.05, 0) is 12.0 Å². The van der Waals surface area contributed by atoms with E-state index in [2.05, 4.69) is 22.9 Å². The number of hydrogen-bond donors (Lipinski definition) is 1. The van der Waals surface area contributed by atoms with E-state index in [9.17, 15) is 9.59 Å². The number of fused-ring (bicyclic) bond motifs is 1. The predicted octanol–water partition coefficient (Wildman–Crippen LogP) is 2.71. The van der Waals surface area contributed by atoms with Crippen LogP contribution in [0.5, 0.6) is 0 Å². The minimum atomic E-state index is 0.0344. The van der Waals surface area contributed by atoms with Crippen LogP contribution in [0.1, 0.15) is 36.7 Å². The first-order valence-corrected chi connectivity index (χ1v) is 9.14. The van der Waals surface area contributed by atoms with Crippen LogP contribution in [0.4, 0.5) is 0 Å². The molecule has 0 aliphatic carbocycles. The van der Waals surface area contributed by atoms with Crippen LogP contribution in [0.25, 0.3) is 10.9 Å². The van der Waals surface area contributed by atoms with Gasteiger partial charge >= 0.3 is 0 Å². The number of aryl methyl sites for hydroxylation is 1. The fourth-order valence-corrected chi connectivity index (χ4v) is 3.52. The van der Waals surface area contributed by atoms with Gasteiger partial charge in [-0.25, -0.2) is 0 Å². The zero-order valence-corrected chi connectivity index (χ0v) is 15.3. The highest BCUT2D eigenvalue weighted by Gasteiger charge is 2.24. The summed E-state index contributed by atoms with van der Waals surface area (Å²) in [6.45, 7) is 9.32. The number of nitrogens with one attached hydrogen (secondary N) is 1. The van der Waals surface area contributed by atoms with Crippen molar-refractivity contribution in [1.82, 2.24) is 14.8 Å². The van der Waals surface area contributed by atoms with Crippen LogP contribution in [0.15, 0.2) is 24.4 Å². The van der Waals surface area contributed by atoms with E-state index in [1.807, 2.05) is 37.1 Å². The van der Waals surface area contributed by atoms with Gasteiger partial charge in [0.25, 0.3) is 0 Å². The second-order valence-electron chi connectivity index (χ2n) is 7.07. The minimum absolute atomic E-state index is 0.0344. The van der Waals surface area contributed by atoms with Gasteiger partial charge in [0.05, 0.1) is 6.54 Å². The third-order valence-corrected chi connectivity index (χ3v) is 5.03. The van der Waals surface area contributed by atoms with Crippen LogP contribution >= 0.6 is 0 Å². The van der Waals surface area contributed by atoms with Crippen LogP contribution in [0, 0.1) is 5.92 Å². The van der Waals surface area contributed by atoms with Gasteiger partial charge in [0.1, 0.15) is 0 Å². The van der Waals surface area contributed by atoms with Gasteiger partial charge in [-0.15, -0.1) is 0 Å². The Balaban J connectivity index is 1.65. The molecule has 25 heavy (non-hydrogen) atoms. The summed E-state index contributed by atoms with van der Waals surface area (Å²) in [6.07, 6.45) is 2.78. The first-order chi connectivity index (χ1) is 12.0. The van der Waals surface area contributed by atoms with Crippen molar-refractivity contribution in [2.24, 2.45) is 5.92 Å². The monoisotopic (exact) mass is 341 g/mol. The third kappa shape index (κ3) is 3.61. The summed E-state index contributed by atoms with van der Waals surface area (Å²) in [5, 5.41) is 1.01. The Hall–Kier alpha value is -2.14. The van der Waals surface area contributed by atoms with Crippen molar-refractivity contribution in [2.75, 3.05) is 32.7 Å². The number of aromatic amines is 1. The van der Waals surface area contributed by atoms with Crippen molar-refractivity contribution >= 4 is 22.6 Å². The average molecular weight is 341 g/mol. The number of Topliss-reactive ketones (excluding diaryl/α,β-unsaturated/α-hetero) is 1. The lowest BCUT2D eigenvalue weighted by atomic mass is 10.0. The maximum atomic E-state index is 12.8. The molecule has 0 radical (unpaired) electrons. The molecule has 0 spiro atoms. The van der Waals surface area contributed by atoms with Gasteiger partial charge in [0.2, 0.25) is 5.91 Å². The van der Waals surface area contributed by atoms with Gasteiger partial charge in [-0.3, -0.25) is 14.5 Å². The Kier molecular flexibility index (Phi) is 5.23. The van der Waals surface area contributed by atoms with Crippen LogP contribution in [-0.2, 0) is 11.2 Å². The van der Waals surface area contributed by atoms with E-state index in [0.717, 1.165) is 36.0 Å². The SMILES string of the molecule is CCc1cccc2c(C(=O)CN3CCN(C(=O)C(C)C)CC3)c[nH]c12. The van der Waals surface area contributed by atoms with Crippen LogP contribution < -0.4 is 0 Å². The summed E-state index contributed by atoms with van der Waals surface area (Å²) in [6, 6.07) is 6.12. The molecular weight excluding hydrogens is 314 g/mol. The minimum Gasteiger partial charge on any atom is -0.360 e. The summed E-state index contributed by atoms with van der Waals surface area (Å²) < 4.78 is 0. The highest BCUT2D eigenvalue weighted by atomic mass is 16.2. The van der Waals surface area contributed by atoms with E-state index in [-0.39, 0.29) is 17.6 Å². The molecule has 1 aromatic heterocycles. The predicted molar refractivity (Wildman–Crippen MR) is 99.9 cm³/mol. The lowest BCUT2D eigenvalue weighted by Gasteiger charge is -2.35. The molecule has 0 atom stereocenters. The fraction of sp³-hybridized carbons (Fsp3) is 0.500. The first-order valence-electron chi connectivity index (χ1n) is 9.14. The zero-order chi connectivity index (χ0) is 18.0. The Morgan fingerprint density at radius 2 is 1.88 bits per heavy atom. The van der Waals surface area contributed by atoms with Crippen molar-refractivity contribution in [3.05, 3.63) is 35.5 Å². The number of carbonyl (C=O) groups excluding carboxylic acids is 2. The molecule has 2 aromatic rings. The van der Waals surface area contributed by atoms with Crippen molar-refractivity contribution in [3.8, 4) is 0 Å². The molecule has 1 fully saturated rings. The molecule has 1 amide bonds. The second-order valence-corrected chi connectivity index (χ2v) is 7.07. The van der Waals surface area contributed by atoms with Crippen molar-refractivity contribution in [3.63, 3.8) is 0 Å². The summed E-state index contributed by atoms with van der Waals surface area (Å²) in [4.78, 5) is 32.1. The molecule has 1 N–H and O–H groups in total. The van der Waals surface area contributed by atoms with E-state index < -0.39 is 0 Å². The standard InChI is InChI=1S/C20H27N3O2/c1-4-15-6-5-7-16-17(12-21-19(15)16)18(24)13-22-8-10-23(11-9-22)20(25)14(2)3/h5-7,12,14,21H,4,8-11,13H2,1-3H3. The lowest BCUT2D eigenvalue weighted by molar-refractivity contribution is -0.136. The van der Waals surface area contributed by atoms with E-state index in [4.69, 9.17) is 0 Å². The molecule has 5 nitrogen and oxygen atoms in total. The number of nitrogens with zero attached hydrogens (tertiary/aromatic N) is 2. The number of hydrogen-bond acceptors (Lipinski definition) is 3. The molecular formula is C20H27N3O2. The van der Waals surface area contributed by atoms with Crippen LogP contribution in [0.2, 0.25) is 0 Å². The zero-order valence-electron chi connectivity index (χ0n) is 15.3. The molecule has 5 heteroatoms. The van der Waals surface area contributed by atoms with E-state index in [1.165, 1.54) is 5.56 Å². The quantitative estimate of drug-likeness (QED) is 0.851. The topological polar surface area (TPSA) is 56.4 Å². The van der Waals surface area contributed by atoms with Crippen molar-refractivity contribution in [1.29, 1.82) is 0 Å². The number of para-hydroxylation sites is 1. The maximum Gasteiger partial charge on any atom is 0.225 e. The number of amides is 1. The average Bonchev–Trinajstić information content (AvgIpc) is 3.06. The second kappa shape index (κ2) is 7.40. The molecule has 1 aliphatic rings. The Morgan fingerprint density at radius 1 is 1.16 bits per heavy atom. The molecule has 2 heterocycles. The molecule has 0 unspecified atom stereocenters. The van der Waals surface area contributed by atoms with Crippen LogP contribution in [0.3, 0.4) is 0 Å². The number of carbonyl (C=O) groups is 2. The van der Waals surface area contributed by atoms with Crippen molar-refractivity contribution in [2.45, 2.75) is 27.2 Å². The smallest absolute Gasteiger partial charge is 0.225 e. The molecule has 3 rings (SSSR count). The molecule has 1 saturated heterocycles. The van der Waals surface area contributed by atoms with Gasteiger partial charge in [0.15, 0.2) is 5.78 Å². The number of ketones is 1. The molecule has 0 saturated carbocycles. The summed E-state index contributed by atoms with van der Waals surface area (Å²) in [5.41, 5.74) is 3.07. The van der Waals surface area contributed by atoms with Gasteiger partial charge in [-0.2, -0.15) is 0 Å². The number of aromatic nitrogens is 1. The molecule has 1 aromatic carbocycles. The summed E-state index contributed by atoms with van der Waals surface area (Å²) in [5.74, 6) is 0.380. The largest absolute Gasteiger partial charge is 0.360 e. The van der Waals surface area contributed by atoms with Gasteiger partial charge in [0, 0.05) is 54.8 Å². The van der Waals surface area contributed by atoms with Crippen LogP contribution in [-0.4, -0.2) is 59.2 Å². The Morgan fingerprint density at radius 3 is 2.52 bits per heavy atom. The maximum absolute atomic E-state index is 12.8. The normalized spacial score (nSPS) is 15.9. The van der Waals surface area contributed by atoms with Gasteiger partial charge < -0.3 is 9.88 Å². The highest BCUT2D eigenvalue weighted by Crippen LogP contribution is 2.23. The number of H-pyrrole nitrogens is 1. The Labute approximate surface area is 149 Å². The number of piperazine rings is 1. The molecule has 134 valence electrons. The van der Waals surface area contributed by atoms with Crippen molar-refractivity contribution < 1.29 is 9.59 Å². The summed E-state index contributed by atoms with van der Waals surface area (Å²) in [7, 11) is 0. The third-order valence-electron chi connectivity index (χ3n) is 5.03.